The third-order valence-electron chi connectivity index (χ3n) is 5.64. The van der Waals surface area contributed by atoms with Crippen molar-refractivity contribution in [2.24, 2.45) is 0 Å². The average molecular weight is 409 g/mol. The molecule has 0 aliphatic carbocycles. The molecule has 6 nitrogen and oxygen atoms in total. The van der Waals surface area contributed by atoms with E-state index in [0.29, 0.717) is 22.7 Å². The molecular formula is C23H26FN4O2+. The summed E-state index contributed by atoms with van der Waals surface area (Å²) >= 11 is 0. The van der Waals surface area contributed by atoms with Crippen molar-refractivity contribution in [3.63, 3.8) is 0 Å². The Morgan fingerprint density at radius 1 is 1.17 bits per heavy atom. The molecule has 1 fully saturated rings. The smallest absolute Gasteiger partial charge is 0.258 e. The van der Waals surface area contributed by atoms with E-state index >= 15 is 0 Å². The van der Waals surface area contributed by atoms with E-state index in [0.717, 1.165) is 38.3 Å². The molecule has 2 aromatic carbocycles. The number of carbonyl (C=O) groups excluding carboxylic acids is 1. The summed E-state index contributed by atoms with van der Waals surface area (Å²) in [5.41, 5.74) is 2.62. The first kappa shape index (κ1) is 20.1. The van der Waals surface area contributed by atoms with Crippen LogP contribution in [-0.2, 0) is 0 Å². The number of ether oxygens (including phenoxy) is 1. The second kappa shape index (κ2) is 8.67. The highest BCUT2D eigenvalue weighted by molar-refractivity contribution is 6.00. The van der Waals surface area contributed by atoms with Crippen LogP contribution in [0.2, 0.25) is 0 Å². The zero-order valence-corrected chi connectivity index (χ0v) is 17.3. The fourth-order valence-corrected chi connectivity index (χ4v) is 3.79. The van der Waals surface area contributed by atoms with Gasteiger partial charge >= 0.3 is 0 Å². The van der Waals surface area contributed by atoms with Crippen LogP contribution in [0.25, 0.3) is 16.9 Å². The summed E-state index contributed by atoms with van der Waals surface area (Å²) < 4.78 is 20.3. The van der Waals surface area contributed by atoms with Crippen LogP contribution in [0.3, 0.4) is 0 Å². The van der Waals surface area contributed by atoms with Gasteiger partial charge in [0.05, 0.1) is 51.1 Å². The largest absolute Gasteiger partial charge is 0.497 e. The summed E-state index contributed by atoms with van der Waals surface area (Å²) in [6.07, 6.45) is 1.74. The molecule has 156 valence electrons. The molecule has 0 unspecified atom stereocenters. The number of likely N-dealkylation sites (N-methyl/N-ethyl adjacent to an activating group) is 1. The highest BCUT2D eigenvalue weighted by atomic mass is 19.1. The molecule has 1 saturated heterocycles. The van der Waals surface area contributed by atoms with Gasteiger partial charge in [0.2, 0.25) is 0 Å². The Morgan fingerprint density at radius 2 is 1.90 bits per heavy atom. The second-order valence-electron chi connectivity index (χ2n) is 7.44. The van der Waals surface area contributed by atoms with Gasteiger partial charge in [-0.25, -0.2) is 9.07 Å². The van der Waals surface area contributed by atoms with Crippen LogP contribution >= 0.6 is 0 Å². The first-order chi connectivity index (χ1) is 14.6. The molecule has 30 heavy (non-hydrogen) atoms. The Balaban J connectivity index is 1.73. The van der Waals surface area contributed by atoms with Crippen LogP contribution < -0.4 is 9.64 Å². The summed E-state index contributed by atoms with van der Waals surface area (Å²) in [5.74, 6) is 0.352. The van der Waals surface area contributed by atoms with Crippen LogP contribution in [0.5, 0.6) is 5.75 Å². The Kier molecular flexibility index (Phi) is 5.81. The average Bonchev–Trinajstić information content (AvgIpc) is 3.24. The molecule has 0 bridgehead atoms. The molecule has 0 atom stereocenters. The zero-order chi connectivity index (χ0) is 21.1. The Bertz CT molecular complexity index is 1020. The first-order valence-corrected chi connectivity index (χ1v) is 10.2. The molecular weight excluding hydrogens is 383 g/mol. The first-order valence-electron chi connectivity index (χ1n) is 10.2. The quantitative estimate of drug-likeness (QED) is 0.702. The number of methoxy groups -OCH3 is 1. The number of aromatic nitrogens is 2. The minimum Gasteiger partial charge on any atom is -0.497 e. The summed E-state index contributed by atoms with van der Waals surface area (Å²) in [6, 6.07) is 13.6. The van der Waals surface area contributed by atoms with E-state index < -0.39 is 0 Å². The van der Waals surface area contributed by atoms with Crippen LogP contribution in [0, 0.1) is 5.82 Å². The van der Waals surface area contributed by atoms with Crippen molar-refractivity contribution in [2.75, 3.05) is 39.8 Å². The second-order valence-corrected chi connectivity index (χ2v) is 7.44. The standard InChI is InChI=1S/C23H25FN4O2/c1-3-26-11-13-27(14-12-26)23(29)21-16-28(19-9-7-18(24)8-10-19)25-22(21)17-5-4-6-20(15-17)30-2/h4-10,15-16H,3,11-14H2,1-2H3/p+1. The van der Waals surface area contributed by atoms with E-state index in [2.05, 4.69) is 12.0 Å². The molecule has 3 aromatic rings. The van der Waals surface area contributed by atoms with Gasteiger partial charge in [-0.15, -0.1) is 0 Å². The number of hydrogen-bond acceptors (Lipinski definition) is 3. The van der Waals surface area contributed by atoms with Crippen molar-refractivity contribution < 1.29 is 18.8 Å². The number of amides is 1. The molecule has 1 aromatic heterocycles. The molecule has 7 heteroatoms. The van der Waals surface area contributed by atoms with Crippen molar-refractivity contribution in [3.05, 3.63) is 66.1 Å². The molecule has 1 aliphatic heterocycles. The molecule has 1 N–H and O–H groups in total. The van der Waals surface area contributed by atoms with Gasteiger partial charge in [0.15, 0.2) is 0 Å². The Labute approximate surface area is 175 Å². The van der Waals surface area contributed by atoms with Gasteiger partial charge in [0.1, 0.15) is 17.3 Å². The van der Waals surface area contributed by atoms with Crippen molar-refractivity contribution in [1.29, 1.82) is 0 Å². The number of benzene rings is 2. The predicted molar refractivity (Wildman–Crippen MR) is 113 cm³/mol. The van der Waals surface area contributed by atoms with E-state index in [1.54, 1.807) is 30.1 Å². The van der Waals surface area contributed by atoms with E-state index in [-0.39, 0.29) is 11.7 Å². The Hall–Kier alpha value is -3.19. The van der Waals surface area contributed by atoms with Gasteiger partial charge < -0.3 is 14.5 Å². The topological polar surface area (TPSA) is 51.8 Å². The van der Waals surface area contributed by atoms with Crippen molar-refractivity contribution in [3.8, 4) is 22.7 Å². The van der Waals surface area contributed by atoms with Gasteiger partial charge in [0.25, 0.3) is 5.91 Å². The fourth-order valence-electron chi connectivity index (χ4n) is 3.79. The molecule has 0 spiro atoms. The number of piperazine rings is 1. The molecule has 1 amide bonds. The molecule has 0 saturated carbocycles. The van der Waals surface area contributed by atoms with E-state index in [4.69, 9.17) is 4.74 Å². The molecule has 0 radical (unpaired) electrons. The monoisotopic (exact) mass is 409 g/mol. The summed E-state index contributed by atoms with van der Waals surface area (Å²) in [7, 11) is 1.61. The highest BCUT2D eigenvalue weighted by Crippen LogP contribution is 2.28. The lowest BCUT2D eigenvalue weighted by Gasteiger charge is -2.31. The van der Waals surface area contributed by atoms with Gasteiger partial charge in [-0.1, -0.05) is 12.1 Å². The minimum absolute atomic E-state index is 0.0312. The van der Waals surface area contributed by atoms with Crippen molar-refractivity contribution in [1.82, 2.24) is 14.7 Å². The number of quaternary nitrogens is 1. The third-order valence-corrected chi connectivity index (χ3v) is 5.64. The Morgan fingerprint density at radius 3 is 2.57 bits per heavy atom. The summed E-state index contributed by atoms with van der Waals surface area (Å²) in [6.45, 7) is 6.58. The lowest BCUT2D eigenvalue weighted by molar-refractivity contribution is -0.902. The van der Waals surface area contributed by atoms with Crippen LogP contribution in [-0.4, -0.2) is 60.4 Å². The van der Waals surface area contributed by atoms with Crippen LogP contribution in [0.4, 0.5) is 4.39 Å². The van der Waals surface area contributed by atoms with Gasteiger partial charge in [-0.2, -0.15) is 5.10 Å². The number of halogens is 1. The summed E-state index contributed by atoms with van der Waals surface area (Å²) in [5, 5.41) is 4.69. The zero-order valence-electron chi connectivity index (χ0n) is 17.3. The van der Waals surface area contributed by atoms with Gasteiger partial charge in [-0.05, 0) is 43.3 Å². The van der Waals surface area contributed by atoms with Gasteiger partial charge in [-0.3, -0.25) is 4.79 Å². The molecule has 4 rings (SSSR count). The SMILES string of the molecule is CC[NH+]1CCN(C(=O)c2cn(-c3ccc(F)cc3)nc2-c2cccc(OC)c2)CC1. The highest BCUT2D eigenvalue weighted by Gasteiger charge is 2.27. The maximum absolute atomic E-state index is 13.4. The van der Waals surface area contributed by atoms with Gasteiger partial charge in [0, 0.05) is 11.8 Å². The molecule has 1 aliphatic rings. The number of nitrogens with one attached hydrogen (secondary N) is 1. The minimum atomic E-state index is -0.313. The molecule has 2 heterocycles. The number of rotatable bonds is 5. The maximum Gasteiger partial charge on any atom is 0.258 e. The van der Waals surface area contributed by atoms with Crippen molar-refractivity contribution >= 4 is 5.91 Å². The van der Waals surface area contributed by atoms with E-state index in [9.17, 15) is 9.18 Å². The lowest BCUT2D eigenvalue weighted by atomic mass is 10.1. The number of hydrogen-bond donors (Lipinski definition) is 1. The predicted octanol–water partition coefficient (Wildman–Crippen LogP) is 2.05. The van der Waals surface area contributed by atoms with E-state index in [1.807, 2.05) is 29.2 Å². The van der Waals surface area contributed by atoms with Crippen molar-refractivity contribution in [2.45, 2.75) is 6.92 Å². The maximum atomic E-state index is 13.4. The summed E-state index contributed by atoms with van der Waals surface area (Å²) in [4.78, 5) is 16.8. The van der Waals surface area contributed by atoms with E-state index in [1.165, 1.54) is 17.0 Å². The van der Waals surface area contributed by atoms with Crippen LogP contribution in [0.1, 0.15) is 17.3 Å². The fraction of sp³-hybridized carbons (Fsp3) is 0.304. The third kappa shape index (κ3) is 4.07. The number of nitrogens with zero attached hydrogens (tertiary/aromatic N) is 3. The number of carbonyl (C=O) groups is 1. The normalized spacial score (nSPS) is 14.7. The lowest BCUT2D eigenvalue weighted by Crippen LogP contribution is -3.14. The van der Waals surface area contributed by atoms with Crippen LogP contribution in [0.15, 0.2) is 54.7 Å².